The minimum atomic E-state index is -2.36. The lowest BCUT2D eigenvalue weighted by atomic mass is 10.2. The fourth-order valence-corrected chi connectivity index (χ4v) is 1.36. The van der Waals surface area contributed by atoms with Gasteiger partial charge < -0.3 is 14.2 Å². The number of carbonyl (C=O) groups is 2. The van der Waals surface area contributed by atoms with E-state index < -0.39 is 53.2 Å². The van der Waals surface area contributed by atoms with Gasteiger partial charge in [0.1, 0.15) is 6.61 Å². The zero-order valence-electron chi connectivity index (χ0n) is 12.0. The summed E-state index contributed by atoms with van der Waals surface area (Å²) in [6.45, 7) is 2.65. The average Bonchev–Trinajstić information content (AvgIpc) is 2.57. The van der Waals surface area contributed by atoms with Crippen LogP contribution in [0.3, 0.4) is 0 Å². The van der Waals surface area contributed by atoms with Gasteiger partial charge in [0.05, 0.1) is 19.6 Å². The standard InChI is InChI=1S/C14H11F5O5/c1-2-7(20)23-6-5-22-4-3-8(21)24-14-12(18)10(16)9(15)11(17)13(14)19/h2H,1,3-6H2. The highest BCUT2D eigenvalue weighted by atomic mass is 19.2. The van der Waals surface area contributed by atoms with E-state index >= 15 is 0 Å². The Hall–Kier alpha value is -2.49. The van der Waals surface area contributed by atoms with Crippen LogP contribution >= 0.6 is 0 Å². The molecule has 0 bridgehead atoms. The van der Waals surface area contributed by atoms with Crippen molar-refractivity contribution in [3.05, 3.63) is 41.7 Å². The molecule has 132 valence electrons. The predicted octanol–water partition coefficient (Wildman–Crippen LogP) is 2.42. The van der Waals surface area contributed by atoms with Crippen LogP contribution in [0.5, 0.6) is 5.75 Å². The predicted molar refractivity (Wildman–Crippen MR) is 68.5 cm³/mol. The molecule has 0 aliphatic carbocycles. The molecule has 0 atom stereocenters. The molecule has 0 N–H and O–H groups in total. The van der Waals surface area contributed by atoms with Crippen molar-refractivity contribution in [2.45, 2.75) is 6.42 Å². The summed E-state index contributed by atoms with van der Waals surface area (Å²) < 4.78 is 78.7. The molecule has 0 fully saturated rings. The van der Waals surface area contributed by atoms with E-state index in [9.17, 15) is 31.5 Å². The SMILES string of the molecule is C=CC(=O)OCCOCCC(=O)Oc1c(F)c(F)c(F)c(F)c1F. The maximum Gasteiger partial charge on any atom is 0.330 e. The smallest absolute Gasteiger partial charge is 0.330 e. The molecule has 0 saturated carbocycles. The van der Waals surface area contributed by atoms with Crippen molar-refractivity contribution in [3.8, 4) is 5.75 Å². The van der Waals surface area contributed by atoms with Crippen molar-refractivity contribution in [1.82, 2.24) is 0 Å². The van der Waals surface area contributed by atoms with Gasteiger partial charge in [0.25, 0.3) is 0 Å². The number of hydrogen-bond acceptors (Lipinski definition) is 5. The van der Waals surface area contributed by atoms with E-state index in [1.165, 1.54) is 0 Å². The summed E-state index contributed by atoms with van der Waals surface area (Å²) in [5.41, 5.74) is 0. The Morgan fingerprint density at radius 1 is 0.875 bits per heavy atom. The first-order valence-electron chi connectivity index (χ1n) is 6.38. The molecule has 0 aliphatic rings. The lowest BCUT2D eigenvalue weighted by Gasteiger charge is -2.09. The summed E-state index contributed by atoms with van der Waals surface area (Å²) in [5, 5.41) is 0. The fraction of sp³-hybridized carbons (Fsp3) is 0.286. The molecule has 0 heterocycles. The molecule has 0 radical (unpaired) electrons. The van der Waals surface area contributed by atoms with E-state index in [4.69, 9.17) is 4.74 Å². The molecule has 0 amide bonds. The Morgan fingerprint density at radius 2 is 1.42 bits per heavy atom. The summed E-state index contributed by atoms with van der Waals surface area (Å²) in [6, 6.07) is 0. The minimum absolute atomic E-state index is 0.0879. The first-order valence-corrected chi connectivity index (χ1v) is 6.38. The van der Waals surface area contributed by atoms with Crippen LogP contribution in [0.25, 0.3) is 0 Å². The molecule has 5 nitrogen and oxygen atoms in total. The molecule has 0 saturated heterocycles. The maximum atomic E-state index is 13.3. The van der Waals surface area contributed by atoms with Crippen LogP contribution in [0.4, 0.5) is 22.0 Å². The Morgan fingerprint density at radius 3 is 1.96 bits per heavy atom. The zero-order valence-corrected chi connectivity index (χ0v) is 12.0. The summed E-state index contributed by atoms with van der Waals surface area (Å²) >= 11 is 0. The van der Waals surface area contributed by atoms with Crippen molar-refractivity contribution in [3.63, 3.8) is 0 Å². The summed E-state index contributed by atoms with van der Waals surface area (Å²) in [7, 11) is 0. The van der Waals surface area contributed by atoms with E-state index in [-0.39, 0.29) is 19.8 Å². The number of ether oxygens (including phenoxy) is 3. The molecular formula is C14H11F5O5. The molecule has 24 heavy (non-hydrogen) atoms. The largest absolute Gasteiger partial charge is 0.460 e. The second kappa shape index (κ2) is 8.96. The van der Waals surface area contributed by atoms with Crippen molar-refractivity contribution in [1.29, 1.82) is 0 Å². The Labute approximate surface area is 132 Å². The van der Waals surface area contributed by atoms with Gasteiger partial charge in [0.15, 0.2) is 0 Å². The van der Waals surface area contributed by atoms with Crippen molar-refractivity contribution >= 4 is 11.9 Å². The number of benzene rings is 1. The third-order valence-electron chi connectivity index (χ3n) is 2.47. The second-order valence-electron chi connectivity index (χ2n) is 4.11. The van der Waals surface area contributed by atoms with Crippen molar-refractivity contribution < 1.29 is 45.8 Å². The van der Waals surface area contributed by atoms with E-state index in [1.54, 1.807) is 0 Å². The molecule has 0 unspecified atom stereocenters. The van der Waals surface area contributed by atoms with E-state index in [0.717, 1.165) is 6.08 Å². The lowest BCUT2D eigenvalue weighted by Crippen LogP contribution is -2.16. The van der Waals surface area contributed by atoms with Crippen molar-refractivity contribution in [2.75, 3.05) is 19.8 Å². The van der Waals surface area contributed by atoms with Gasteiger partial charge in [-0.25, -0.2) is 18.0 Å². The van der Waals surface area contributed by atoms with Crippen LogP contribution in [-0.4, -0.2) is 31.8 Å². The average molecular weight is 354 g/mol. The van der Waals surface area contributed by atoms with Gasteiger partial charge in [-0.1, -0.05) is 6.58 Å². The summed E-state index contributed by atoms with van der Waals surface area (Å²) in [4.78, 5) is 22.0. The highest BCUT2D eigenvalue weighted by Gasteiger charge is 2.28. The Bertz CT molecular complexity index is 618. The minimum Gasteiger partial charge on any atom is -0.460 e. The topological polar surface area (TPSA) is 61.8 Å². The Balaban J connectivity index is 2.49. The van der Waals surface area contributed by atoms with Crippen LogP contribution in [0.1, 0.15) is 6.42 Å². The van der Waals surface area contributed by atoms with E-state index in [2.05, 4.69) is 16.1 Å². The fourth-order valence-electron chi connectivity index (χ4n) is 1.36. The second-order valence-corrected chi connectivity index (χ2v) is 4.11. The number of halogens is 5. The van der Waals surface area contributed by atoms with Gasteiger partial charge in [-0.3, -0.25) is 4.79 Å². The maximum absolute atomic E-state index is 13.3. The van der Waals surface area contributed by atoms with Gasteiger partial charge >= 0.3 is 11.9 Å². The molecule has 0 spiro atoms. The summed E-state index contributed by atoms with van der Waals surface area (Å²) in [5.74, 6) is -15.0. The van der Waals surface area contributed by atoms with Gasteiger partial charge in [-0.15, -0.1) is 0 Å². The monoisotopic (exact) mass is 354 g/mol. The first-order chi connectivity index (χ1) is 11.3. The van der Waals surface area contributed by atoms with Crippen LogP contribution < -0.4 is 4.74 Å². The highest BCUT2D eigenvalue weighted by Crippen LogP contribution is 2.29. The van der Waals surface area contributed by atoms with Gasteiger partial charge in [0, 0.05) is 6.08 Å². The van der Waals surface area contributed by atoms with Gasteiger partial charge in [-0.05, 0) is 0 Å². The Kier molecular flexibility index (Phi) is 7.31. The zero-order chi connectivity index (χ0) is 18.3. The van der Waals surface area contributed by atoms with Crippen molar-refractivity contribution in [2.24, 2.45) is 0 Å². The molecule has 1 aromatic rings. The first kappa shape index (κ1) is 19.6. The van der Waals surface area contributed by atoms with E-state index in [1.807, 2.05) is 0 Å². The number of rotatable bonds is 8. The van der Waals surface area contributed by atoms with Crippen LogP contribution in [0.15, 0.2) is 12.7 Å². The highest BCUT2D eigenvalue weighted by molar-refractivity contribution is 5.81. The summed E-state index contributed by atoms with van der Waals surface area (Å²) in [6.07, 6.45) is 0.399. The van der Waals surface area contributed by atoms with E-state index in [0.29, 0.717) is 0 Å². The number of hydrogen-bond donors (Lipinski definition) is 0. The normalized spacial score (nSPS) is 10.4. The van der Waals surface area contributed by atoms with Gasteiger partial charge in [-0.2, -0.15) is 8.78 Å². The third-order valence-corrected chi connectivity index (χ3v) is 2.47. The molecular weight excluding hydrogens is 343 g/mol. The molecule has 0 aliphatic heterocycles. The van der Waals surface area contributed by atoms with Crippen LogP contribution in [-0.2, 0) is 19.1 Å². The molecule has 0 aromatic heterocycles. The van der Waals surface area contributed by atoms with Gasteiger partial charge in [0.2, 0.25) is 34.8 Å². The number of esters is 2. The number of carbonyl (C=O) groups excluding carboxylic acids is 2. The molecule has 10 heteroatoms. The quantitative estimate of drug-likeness (QED) is 0.136. The molecule has 1 rings (SSSR count). The third kappa shape index (κ3) is 5.01. The van der Waals surface area contributed by atoms with Crippen LogP contribution in [0, 0.1) is 29.1 Å². The van der Waals surface area contributed by atoms with Crippen LogP contribution in [0.2, 0.25) is 0 Å². The lowest BCUT2D eigenvalue weighted by molar-refractivity contribution is -0.140. The molecule has 1 aromatic carbocycles.